The molecule has 1 saturated heterocycles. The van der Waals surface area contributed by atoms with Crippen molar-refractivity contribution in [3.8, 4) is 0 Å². The van der Waals surface area contributed by atoms with Gasteiger partial charge >= 0.3 is 0 Å². The van der Waals surface area contributed by atoms with E-state index in [1.54, 1.807) is 0 Å². The summed E-state index contributed by atoms with van der Waals surface area (Å²) < 4.78 is 15.0. The number of hydrogen-bond acceptors (Lipinski definition) is 5. The number of benzene rings is 3. The average molecular weight is 631 g/mol. The average Bonchev–Trinajstić information content (AvgIpc) is 3.35. The van der Waals surface area contributed by atoms with Gasteiger partial charge in [-0.3, -0.25) is 9.47 Å². The Hall–Kier alpha value is -2.50. The number of imidazole rings is 1. The molecule has 0 saturated carbocycles. The SMILES string of the molecule is C[Si](C)(C)CCOCN(CC1CCN(Cc2cccc3ccccc23)CC1)c1nc2ccccc2n1COCC[Si](C)(C)C. The van der Waals surface area contributed by atoms with Gasteiger partial charge in [-0.1, -0.05) is 93.9 Å². The molecule has 0 bridgehead atoms. The number of rotatable bonds is 15. The second-order valence-electron chi connectivity index (χ2n) is 15.1. The highest BCUT2D eigenvalue weighted by Gasteiger charge is 2.26. The number of para-hydroxylation sites is 2. The molecule has 1 aromatic heterocycles. The molecule has 6 nitrogen and oxygen atoms in total. The van der Waals surface area contributed by atoms with Gasteiger partial charge in [-0.15, -0.1) is 0 Å². The minimum absolute atomic E-state index is 0.523. The Kier molecular flexibility index (Phi) is 11.0. The van der Waals surface area contributed by atoms with E-state index in [-0.39, 0.29) is 0 Å². The third kappa shape index (κ3) is 9.27. The van der Waals surface area contributed by atoms with E-state index < -0.39 is 16.1 Å². The molecule has 5 rings (SSSR count). The van der Waals surface area contributed by atoms with E-state index in [0.717, 1.165) is 62.4 Å². The number of nitrogens with zero attached hydrogens (tertiary/aromatic N) is 4. The Labute approximate surface area is 267 Å². The van der Waals surface area contributed by atoms with Gasteiger partial charge in [0.1, 0.15) is 13.5 Å². The van der Waals surface area contributed by atoms with Crippen LogP contribution in [0.3, 0.4) is 0 Å². The summed E-state index contributed by atoms with van der Waals surface area (Å²) in [5, 5.41) is 2.71. The highest BCUT2D eigenvalue weighted by atomic mass is 28.3. The third-order valence-electron chi connectivity index (χ3n) is 8.84. The van der Waals surface area contributed by atoms with E-state index in [2.05, 4.69) is 120 Å². The summed E-state index contributed by atoms with van der Waals surface area (Å²) >= 11 is 0. The normalized spacial score (nSPS) is 15.4. The van der Waals surface area contributed by atoms with Gasteiger partial charge in [-0.25, -0.2) is 4.98 Å². The van der Waals surface area contributed by atoms with E-state index in [1.165, 1.54) is 35.2 Å². The second-order valence-corrected chi connectivity index (χ2v) is 26.3. The lowest BCUT2D eigenvalue weighted by atomic mass is 9.95. The molecule has 44 heavy (non-hydrogen) atoms. The molecular weight excluding hydrogens is 577 g/mol. The molecule has 0 unspecified atom stereocenters. The Morgan fingerprint density at radius 2 is 1.45 bits per heavy atom. The number of likely N-dealkylation sites (tertiary alicyclic amines) is 1. The summed E-state index contributed by atoms with van der Waals surface area (Å²) in [7, 11) is -2.33. The zero-order chi connectivity index (χ0) is 31.2. The zero-order valence-corrected chi connectivity index (χ0v) is 30.0. The number of aromatic nitrogens is 2. The molecule has 8 heteroatoms. The largest absolute Gasteiger partial charge is 0.361 e. The highest BCUT2D eigenvalue weighted by Crippen LogP contribution is 2.28. The van der Waals surface area contributed by atoms with Gasteiger partial charge in [-0.05, 0) is 72.4 Å². The molecule has 1 aliphatic rings. The quantitative estimate of drug-likeness (QED) is 0.0748. The van der Waals surface area contributed by atoms with Crippen molar-refractivity contribution >= 4 is 43.9 Å². The topological polar surface area (TPSA) is 42.8 Å². The summed E-state index contributed by atoms with van der Waals surface area (Å²) in [4.78, 5) is 10.2. The van der Waals surface area contributed by atoms with Crippen molar-refractivity contribution in [3.63, 3.8) is 0 Å². The molecule has 0 N–H and O–H groups in total. The summed E-state index contributed by atoms with van der Waals surface area (Å²) in [5.74, 6) is 1.57. The minimum atomic E-state index is -1.17. The molecule has 2 heterocycles. The Morgan fingerprint density at radius 3 is 2.20 bits per heavy atom. The van der Waals surface area contributed by atoms with Crippen LogP contribution in [0.5, 0.6) is 0 Å². The van der Waals surface area contributed by atoms with Gasteiger partial charge in [0.25, 0.3) is 0 Å². The second kappa shape index (κ2) is 14.7. The highest BCUT2D eigenvalue weighted by molar-refractivity contribution is 6.76. The van der Waals surface area contributed by atoms with Crippen LogP contribution >= 0.6 is 0 Å². The molecule has 0 radical (unpaired) electrons. The fourth-order valence-electron chi connectivity index (χ4n) is 6.02. The van der Waals surface area contributed by atoms with Crippen molar-refractivity contribution < 1.29 is 9.47 Å². The third-order valence-corrected chi connectivity index (χ3v) is 12.2. The molecular formula is C36H54N4O2Si2. The van der Waals surface area contributed by atoms with Gasteiger partial charge in [0, 0.05) is 42.5 Å². The van der Waals surface area contributed by atoms with Crippen LogP contribution in [-0.4, -0.2) is 70.2 Å². The Bertz CT molecular complexity index is 1480. The first-order valence-electron chi connectivity index (χ1n) is 16.6. The van der Waals surface area contributed by atoms with Gasteiger partial charge in [-0.2, -0.15) is 0 Å². The minimum Gasteiger partial charge on any atom is -0.361 e. The number of anilines is 1. The molecule has 0 amide bonds. The Balaban J connectivity index is 1.28. The zero-order valence-electron chi connectivity index (χ0n) is 28.0. The van der Waals surface area contributed by atoms with Crippen LogP contribution < -0.4 is 4.90 Å². The van der Waals surface area contributed by atoms with E-state index in [0.29, 0.717) is 19.4 Å². The number of hydrogen-bond donors (Lipinski definition) is 0. The van der Waals surface area contributed by atoms with E-state index in [4.69, 9.17) is 14.5 Å². The maximum absolute atomic E-state index is 6.39. The predicted octanol–water partition coefficient (Wildman–Crippen LogP) is 8.53. The van der Waals surface area contributed by atoms with Crippen molar-refractivity contribution in [1.82, 2.24) is 14.5 Å². The maximum Gasteiger partial charge on any atom is 0.210 e. The van der Waals surface area contributed by atoms with Crippen molar-refractivity contribution in [2.24, 2.45) is 5.92 Å². The van der Waals surface area contributed by atoms with Gasteiger partial charge in [0.15, 0.2) is 0 Å². The lowest BCUT2D eigenvalue weighted by Crippen LogP contribution is -2.40. The van der Waals surface area contributed by atoms with Gasteiger partial charge in [0.05, 0.1) is 11.0 Å². The molecule has 0 aliphatic carbocycles. The van der Waals surface area contributed by atoms with Crippen LogP contribution in [0.1, 0.15) is 18.4 Å². The van der Waals surface area contributed by atoms with E-state index in [9.17, 15) is 0 Å². The first kappa shape index (κ1) is 32.9. The standard InChI is InChI=1S/C36H54N4O2Si2/c1-43(2,3)24-22-41-28-39(36-37-34-16-9-10-17-35(34)40(36)29-42-23-25-44(4,5)6)26-30-18-20-38(21-19-30)27-32-14-11-13-31-12-7-8-15-33(31)32/h7-17,30H,18-29H2,1-6H3. The van der Waals surface area contributed by atoms with Gasteiger partial charge in [0.2, 0.25) is 5.95 Å². The maximum atomic E-state index is 6.39. The molecule has 1 aliphatic heterocycles. The van der Waals surface area contributed by atoms with Crippen LogP contribution in [-0.2, 0) is 22.7 Å². The molecule has 0 atom stereocenters. The van der Waals surface area contributed by atoms with Crippen molar-refractivity contribution in [2.75, 3.05) is 44.5 Å². The number of piperidine rings is 1. The Morgan fingerprint density at radius 1 is 0.795 bits per heavy atom. The number of fused-ring (bicyclic) bond motifs is 2. The monoisotopic (exact) mass is 630 g/mol. The van der Waals surface area contributed by atoms with Gasteiger partial charge < -0.3 is 14.4 Å². The molecule has 1 fully saturated rings. The van der Waals surface area contributed by atoms with Crippen LogP contribution in [0, 0.1) is 5.92 Å². The molecule has 0 spiro atoms. The first-order chi connectivity index (χ1) is 21.1. The fraction of sp³-hybridized carbons (Fsp3) is 0.528. The predicted molar refractivity (Wildman–Crippen MR) is 192 cm³/mol. The van der Waals surface area contributed by atoms with Crippen LogP contribution in [0.4, 0.5) is 5.95 Å². The first-order valence-corrected chi connectivity index (χ1v) is 24.0. The van der Waals surface area contributed by atoms with Crippen LogP contribution in [0.2, 0.25) is 51.4 Å². The lowest BCUT2D eigenvalue weighted by Gasteiger charge is -2.35. The van der Waals surface area contributed by atoms with E-state index in [1.807, 2.05) is 0 Å². The molecule has 4 aromatic rings. The smallest absolute Gasteiger partial charge is 0.210 e. The molecule has 3 aromatic carbocycles. The summed E-state index contributed by atoms with van der Waals surface area (Å²) in [5.41, 5.74) is 3.59. The lowest BCUT2D eigenvalue weighted by molar-refractivity contribution is 0.0882. The van der Waals surface area contributed by atoms with Crippen molar-refractivity contribution in [1.29, 1.82) is 0 Å². The van der Waals surface area contributed by atoms with Crippen molar-refractivity contribution in [3.05, 3.63) is 72.3 Å². The summed E-state index contributed by atoms with van der Waals surface area (Å²) in [6.45, 7) is 21.4. The van der Waals surface area contributed by atoms with Crippen molar-refractivity contribution in [2.45, 2.75) is 77.5 Å². The fourth-order valence-corrected chi connectivity index (χ4v) is 7.53. The summed E-state index contributed by atoms with van der Waals surface area (Å²) in [6.07, 6.45) is 2.37. The van der Waals surface area contributed by atoms with Crippen LogP contribution in [0.15, 0.2) is 66.7 Å². The van der Waals surface area contributed by atoms with E-state index >= 15 is 0 Å². The molecule has 238 valence electrons. The van der Waals surface area contributed by atoms with Crippen LogP contribution in [0.25, 0.3) is 21.8 Å². The number of ether oxygens (including phenoxy) is 2. The summed E-state index contributed by atoms with van der Waals surface area (Å²) in [6, 6.07) is 26.3.